The van der Waals surface area contributed by atoms with Crippen LogP contribution in [0.1, 0.15) is 93.4 Å². The Balaban J connectivity index is 1.04. The van der Waals surface area contributed by atoms with Crippen LogP contribution in [-0.2, 0) is 37.5 Å². The summed E-state index contributed by atoms with van der Waals surface area (Å²) in [6, 6.07) is 11.2. The molecule has 0 bridgehead atoms. The normalized spacial score (nSPS) is 24.7. The van der Waals surface area contributed by atoms with Gasteiger partial charge in [-0.2, -0.15) is 4.58 Å². The predicted molar refractivity (Wildman–Crippen MR) is 166 cm³/mol. The summed E-state index contributed by atoms with van der Waals surface area (Å²) < 4.78 is 9.54. The van der Waals surface area contributed by atoms with Crippen molar-refractivity contribution in [3.05, 3.63) is 58.2 Å². The van der Waals surface area contributed by atoms with Gasteiger partial charge in [-0.05, 0) is 63.2 Å². The SMILES string of the molecule is CC1(CCCCCC(=O)ON2C(=O)CCC2=O)C2=[N+](CCC3Oc4c(cc5c6c4CCCN6CCC5)C=C23)c2ccccc21. The highest BCUT2D eigenvalue weighted by molar-refractivity contribution is 6.11. The van der Waals surface area contributed by atoms with E-state index in [4.69, 9.17) is 9.57 Å². The number of hydroxylamine groups is 2. The van der Waals surface area contributed by atoms with E-state index in [2.05, 4.69) is 52.8 Å². The lowest BCUT2D eigenvalue weighted by atomic mass is 9.71. The molecule has 2 amide bonds. The Morgan fingerprint density at radius 1 is 1.05 bits per heavy atom. The van der Waals surface area contributed by atoms with Gasteiger partial charge >= 0.3 is 5.97 Å². The van der Waals surface area contributed by atoms with Crippen molar-refractivity contribution >= 4 is 40.9 Å². The lowest BCUT2D eigenvalue weighted by Crippen LogP contribution is -2.44. The molecule has 8 nitrogen and oxygen atoms in total. The molecule has 0 spiro atoms. The summed E-state index contributed by atoms with van der Waals surface area (Å²) in [6.45, 7) is 5.64. The number of fused-ring (bicyclic) bond motifs is 6. The Morgan fingerprint density at radius 3 is 2.68 bits per heavy atom. The van der Waals surface area contributed by atoms with Gasteiger partial charge in [-0.3, -0.25) is 9.59 Å². The number of unbranched alkanes of at least 4 members (excludes halogenated alkanes) is 2. The maximum absolute atomic E-state index is 12.3. The molecule has 8 rings (SSSR count). The average Bonchev–Trinajstić information content (AvgIpc) is 3.49. The number of carbonyl (C=O) groups excluding carboxylic acids is 3. The third-order valence-corrected chi connectivity index (χ3v) is 10.6. The Bertz CT molecular complexity index is 1640. The van der Waals surface area contributed by atoms with Crippen molar-refractivity contribution in [2.24, 2.45) is 0 Å². The molecule has 0 radical (unpaired) electrons. The van der Waals surface area contributed by atoms with E-state index in [1.165, 1.54) is 57.8 Å². The molecule has 228 valence electrons. The van der Waals surface area contributed by atoms with Crippen molar-refractivity contribution in [1.29, 1.82) is 0 Å². The highest BCUT2D eigenvalue weighted by atomic mass is 16.7. The van der Waals surface area contributed by atoms with Gasteiger partial charge in [-0.1, -0.05) is 31.0 Å². The molecule has 0 aliphatic carbocycles. The first-order chi connectivity index (χ1) is 21.4. The van der Waals surface area contributed by atoms with Crippen LogP contribution in [-0.4, -0.2) is 58.9 Å². The number of carbonyl (C=O) groups is 3. The minimum atomic E-state index is -0.519. The lowest BCUT2D eigenvalue weighted by Gasteiger charge is -2.40. The standard InChI is InChI=1S/C36H40N3O5/c1-36(17-6-2-3-13-32(42)44-39-30(40)14-15-31(39)41)27-11-4-5-12-28(27)38-20-16-29-26(35(36)38)22-24-21-23-9-7-18-37-19-8-10-25(33(23)37)34(24)43-29/h4-5,11-12,21-22,29H,2-3,6-10,13-20H2,1H3/q+1. The highest BCUT2D eigenvalue weighted by Gasteiger charge is 2.54. The van der Waals surface area contributed by atoms with Gasteiger partial charge in [0.1, 0.15) is 11.9 Å². The monoisotopic (exact) mass is 594 g/mol. The van der Waals surface area contributed by atoms with E-state index >= 15 is 0 Å². The number of ether oxygens (including phenoxy) is 1. The molecule has 0 aromatic heterocycles. The average molecular weight is 595 g/mol. The Morgan fingerprint density at radius 2 is 1.84 bits per heavy atom. The molecule has 6 heterocycles. The number of anilines is 1. The van der Waals surface area contributed by atoms with Crippen LogP contribution in [0.5, 0.6) is 5.75 Å². The minimum Gasteiger partial charge on any atom is -0.484 e. The molecule has 6 aliphatic heterocycles. The Kier molecular flexibility index (Phi) is 6.65. The molecule has 2 unspecified atom stereocenters. The molecule has 6 aliphatic rings. The fourth-order valence-corrected chi connectivity index (χ4v) is 8.66. The smallest absolute Gasteiger partial charge is 0.333 e. The molecule has 8 heteroatoms. The second-order valence-electron chi connectivity index (χ2n) is 13.4. The third-order valence-electron chi connectivity index (χ3n) is 10.6. The first kappa shape index (κ1) is 27.6. The molecule has 1 saturated heterocycles. The van der Waals surface area contributed by atoms with Crippen LogP contribution >= 0.6 is 0 Å². The van der Waals surface area contributed by atoms with E-state index in [1.807, 2.05) is 0 Å². The van der Waals surface area contributed by atoms with E-state index in [-0.39, 0.29) is 30.8 Å². The lowest BCUT2D eigenvalue weighted by molar-refractivity contribution is -0.444. The van der Waals surface area contributed by atoms with Crippen LogP contribution in [0, 0.1) is 0 Å². The van der Waals surface area contributed by atoms with E-state index in [0.29, 0.717) is 11.5 Å². The van der Waals surface area contributed by atoms with Crippen molar-refractivity contribution in [1.82, 2.24) is 5.06 Å². The van der Waals surface area contributed by atoms with Gasteiger partial charge < -0.3 is 14.5 Å². The van der Waals surface area contributed by atoms with Crippen LogP contribution in [0.2, 0.25) is 0 Å². The molecule has 2 aromatic rings. The maximum atomic E-state index is 12.3. The first-order valence-electron chi connectivity index (χ1n) is 16.6. The molecule has 44 heavy (non-hydrogen) atoms. The number of hydrogen-bond donors (Lipinski definition) is 0. The summed E-state index contributed by atoms with van der Waals surface area (Å²) in [5, 5.41) is 0.641. The largest absolute Gasteiger partial charge is 0.484 e. The quantitative estimate of drug-likeness (QED) is 0.238. The van der Waals surface area contributed by atoms with Gasteiger partial charge in [-0.15, -0.1) is 5.06 Å². The summed E-state index contributed by atoms with van der Waals surface area (Å²) in [5.74, 6) is -0.268. The highest BCUT2D eigenvalue weighted by Crippen LogP contribution is 2.51. The predicted octanol–water partition coefficient (Wildman–Crippen LogP) is 5.55. The topological polar surface area (TPSA) is 79.2 Å². The maximum Gasteiger partial charge on any atom is 0.333 e. The fraction of sp³-hybridized carbons (Fsp3) is 0.500. The zero-order valence-electron chi connectivity index (χ0n) is 25.5. The van der Waals surface area contributed by atoms with Gasteiger partial charge in [0.2, 0.25) is 5.69 Å². The van der Waals surface area contributed by atoms with E-state index in [9.17, 15) is 14.4 Å². The van der Waals surface area contributed by atoms with Gasteiger partial charge in [0.15, 0.2) is 12.3 Å². The van der Waals surface area contributed by atoms with E-state index in [1.54, 1.807) is 0 Å². The number of amides is 2. The Labute approximate surface area is 258 Å². The summed E-state index contributed by atoms with van der Waals surface area (Å²) >= 11 is 0. The number of imide groups is 1. The number of hydrogen-bond acceptors (Lipinski definition) is 6. The summed E-state index contributed by atoms with van der Waals surface area (Å²) in [6.07, 6.45) is 11.9. The zero-order valence-corrected chi connectivity index (χ0v) is 25.5. The number of aryl methyl sites for hydroxylation is 1. The molecule has 1 fully saturated rings. The zero-order chi connectivity index (χ0) is 30.0. The molecule has 0 N–H and O–H groups in total. The van der Waals surface area contributed by atoms with Crippen LogP contribution < -0.4 is 9.64 Å². The van der Waals surface area contributed by atoms with Gasteiger partial charge in [0.25, 0.3) is 11.8 Å². The van der Waals surface area contributed by atoms with Gasteiger partial charge in [-0.25, -0.2) is 4.79 Å². The number of nitrogens with zero attached hydrogens (tertiary/aromatic N) is 3. The van der Waals surface area contributed by atoms with Crippen LogP contribution in [0.4, 0.5) is 11.4 Å². The number of rotatable bonds is 7. The summed E-state index contributed by atoms with van der Waals surface area (Å²) in [5.41, 5.74) is 10.8. The van der Waals surface area contributed by atoms with Crippen LogP contribution in [0.25, 0.3) is 6.08 Å². The van der Waals surface area contributed by atoms with E-state index < -0.39 is 17.8 Å². The van der Waals surface area contributed by atoms with Crippen molar-refractivity contribution in [2.75, 3.05) is 24.5 Å². The van der Waals surface area contributed by atoms with Gasteiger partial charge in [0, 0.05) is 67.2 Å². The second kappa shape index (κ2) is 10.6. The summed E-state index contributed by atoms with van der Waals surface area (Å²) in [7, 11) is 0. The molecular weight excluding hydrogens is 554 g/mol. The van der Waals surface area contributed by atoms with Crippen molar-refractivity contribution in [3.63, 3.8) is 0 Å². The van der Waals surface area contributed by atoms with E-state index in [0.717, 1.165) is 63.9 Å². The van der Waals surface area contributed by atoms with Crippen molar-refractivity contribution < 1.29 is 28.5 Å². The molecular formula is C36H40N3O5+. The first-order valence-corrected chi connectivity index (χ1v) is 16.6. The summed E-state index contributed by atoms with van der Waals surface area (Å²) in [4.78, 5) is 43.6. The number of para-hydroxylation sites is 1. The molecule has 2 aromatic carbocycles. The fourth-order valence-electron chi connectivity index (χ4n) is 8.66. The molecule has 0 saturated carbocycles. The van der Waals surface area contributed by atoms with Gasteiger partial charge in [0.05, 0.1) is 11.0 Å². The van der Waals surface area contributed by atoms with Crippen LogP contribution in [0.3, 0.4) is 0 Å². The third kappa shape index (κ3) is 4.32. The second-order valence-corrected chi connectivity index (χ2v) is 13.4. The molecule has 2 atom stereocenters. The number of benzene rings is 2. The Hall–Kier alpha value is -3.94. The minimum absolute atomic E-state index is 0.0569. The van der Waals surface area contributed by atoms with Crippen molar-refractivity contribution in [3.8, 4) is 5.75 Å². The van der Waals surface area contributed by atoms with Crippen LogP contribution in [0.15, 0.2) is 35.9 Å². The van der Waals surface area contributed by atoms with Crippen molar-refractivity contribution in [2.45, 2.75) is 95.5 Å².